The van der Waals surface area contributed by atoms with Gasteiger partial charge in [-0.15, -0.1) is 6.58 Å². The summed E-state index contributed by atoms with van der Waals surface area (Å²) in [4.78, 5) is 20.2. The highest BCUT2D eigenvalue weighted by atomic mass is 16.1. The molecule has 0 aromatic carbocycles. The van der Waals surface area contributed by atoms with E-state index in [4.69, 9.17) is 0 Å². The highest BCUT2D eigenvalue weighted by molar-refractivity contribution is 5.93. The Balaban J connectivity index is 1.77. The first-order valence-electron chi connectivity index (χ1n) is 7.42. The summed E-state index contributed by atoms with van der Waals surface area (Å²) in [7, 11) is 0. The Morgan fingerprint density at radius 3 is 2.81 bits per heavy atom. The standard InChI is InChI=1S/C16H22N4O/c1-2-9-18-16-19-11-14(12-20-16)15(21)17-10-8-13-6-4-3-5-7-13/h2,6,11-12H,1,3-5,7-10H2,(H,17,21)(H,18,19,20). The molecule has 2 rings (SSSR count). The molecule has 1 aromatic rings. The van der Waals surface area contributed by atoms with Gasteiger partial charge in [0.05, 0.1) is 5.56 Å². The molecule has 1 aliphatic carbocycles. The summed E-state index contributed by atoms with van der Waals surface area (Å²) in [6.07, 6.45) is 12.9. The largest absolute Gasteiger partial charge is 0.352 e. The molecular weight excluding hydrogens is 264 g/mol. The second-order valence-corrected chi connectivity index (χ2v) is 5.08. The van der Waals surface area contributed by atoms with Crippen molar-refractivity contribution >= 4 is 11.9 Å². The van der Waals surface area contributed by atoms with Crippen LogP contribution in [-0.2, 0) is 0 Å². The van der Waals surface area contributed by atoms with Crippen LogP contribution in [-0.4, -0.2) is 29.0 Å². The Bertz CT molecular complexity index is 508. The minimum Gasteiger partial charge on any atom is -0.352 e. The molecule has 0 saturated heterocycles. The van der Waals surface area contributed by atoms with E-state index in [1.165, 1.54) is 43.7 Å². The number of hydrogen-bond acceptors (Lipinski definition) is 4. The second kappa shape index (κ2) is 8.19. The summed E-state index contributed by atoms with van der Waals surface area (Å²) in [6.45, 7) is 4.87. The van der Waals surface area contributed by atoms with Crippen LogP contribution in [0.4, 0.5) is 5.95 Å². The van der Waals surface area contributed by atoms with Crippen molar-refractivity contribution in [2.24, 2.45) is 0 Å². The fourth-order valence-corrected chi connectivity index (χ4v) is 2.27. The van der Waals surface area contributed by atoms with Crippen molar-refractivity contribution in [2.45, 2.75) is 32.1 Å². The second-order valence-electron chi connectivity index (χ2n) is 5.08. The van der Waals surface area contributed by atoms with Gasteiger partial charge in [-0.1, -0.05) is 17.7 Å². The molecule has 0 bridgehead atoms. The lowest BCUT2D eigenvalue weighted by atomic mass is 9.97. The molecule has 1 amide bonds. The number of anilines is 1. The minimum absolute atomic E-state index is 0.123. The minimum atomic E-state index is -0.123. The zero-order chi connectivity index (χ0) is 14.9. The quantitative estimate of drug-likeness (QED) is 0.756. The third-order valence-corrected chi connectivity index (χ3v) is 3.44. The third kappa shape index (κ3) is 5.02. The number of nitrogens with zero attached hydrogens (tertiary/aromatic N) is 2. The number of allylic oxidation sites excluding steroid dienone is 1. The molecule has 1 aromatic heterocycles. The Morgan fingerprint density at radius 2 is 2.14 bits per heavy atom. The number of carbonyl (C=O) groups excluding carboxylic acids is 1. The Labute approximate surface area is 125 Å². The zero-order valence-corrected chi connectivity index (χ0v) is 12.3. The summed E-state index contributed by atoms with van der Waals surface area (Å²) in [5.41, 5.74) is 1.94. The van der Waals surface area contributed by atoms with E-state index in [0.717, 1.165) is 6.42 Å². The molecular formula is C16H22N4O. The number of amides is 1. The highest BCUT2D eigenvalue weighted by Crippen LogP contribution is 2.19. The van der Waals surface area contributed by atoms with Crippen molar-refractivity contribution in [2.75, 3.05) is 18.4 Å². The van der Waals surface area contributed by atoms with Gasteiger partial charge in [0.2, 0.25) is 5.95 Å². The highest BCUT2D eigenvalue weighted by Gasteiger charge is 2.08. The normalized spacial score (nSPS) is 14.2. The van der Waals surface area contributed by atoms with Gasteiger partial charge in [-0.05, 0) is 32.1 Å². The molecule has 0 fully saturated rings. The van der Waals surface area contributed by atoms with Crippen LogP contribution in [0, 0.1) is 0 Å². The fraction of sp³-hybridized carbons (Fsp3) is 0.438. The van der Waals surface area contributed by atoms with Gasteiger partial charge in [-0.3, -0.25) is 4.79 Å². The third-order valence-electron chi connectivity index (χ3n) is 3.44. The van der Waals surface area contributed by atoms with Crippen LogP contribution in [0.25, 0.3) is 0 Å². The lowest BCUT2D eigenvalue weighted by Gasteiger charge is -2.12. The fourth-order valence-electron chi connectivity index (χ4n) is 2.27. The monoisotopic (exact) mass is 286 g/mol. The first-order valence-corrected chi connectivity index (χ1v) is 7.42. The topological polar surface area (TPSA) is 66.9 Å². The van der Waals surface area contributed by atoms with Crippen LogP contribution in [0.5, 0.6) is 0 Å². The van der Waals surface area contributed by atoms with Crippen LogP contribution >= 0.6 is 0 Å². The number of nitrogens with one attached hydrogen (secondary N) is 2. The molecule has 2 N–H and O–H groups in total. The van der Waals surface area contributed by atoms with Crippen molar-refractivity contribution in [3.8, 4) is 0 Å². The van der Waals surface area contributed by atoms with Crippen molar-refractivity contribution < 1.29 is 4.79 Å². The molecule has 21 heavy (non-hydrogen) atoms. The lowest BCUT2D eigenvalue weighted by Crippen LogP contribution is -2.25. The van der Waals surface area contributed by atoms with Gasteiger partial charge in [0, 0.05) is 25.5 Å². The van der Waals surface area contributed by atoms with E-state index in [0.29, 0.717) is 24.6 Å². The predicted molar refractivity (Wildman–Crippen MR) is 84.2 cm³/mol. The molecule has 1 aliphatic rings. The van der Waals surface area contributed by atoms with Gasteiger partial charge in [-0.25, -0.2) is 9.97 Å². The van der Waals surface area contributed by atoms with Gasteiger partial charge in [-0.2, -0.15) is 0 Å². The zero-order valence-electron chi connectivity index (χ0n) is 12.3. The van der Waals surface area contributed by atoms with E-state index < -0.39 is 0 Å². The number of carbonyl (C=O) groups is 1. The first-order chi connectivity index (χ1) is 10.3. The molecule has 0 unspecified atom stereocenters. The molecule has 0 atom stereocenters. The summed E-state index contributed by atoms with van der Waals surface area (Å²) in [5.74, 6) is 0.375. The van der Waals surface area contributed by atoms with Gasteiger partial charge in [0.15, 0.2) is 0 Å². The molecule has 5 heteroatoms. The average Bonchev–Trinajstić information content (AvgIpc) is 2.54. The van der Waals surface area contributed by atoms with Gasteiger partial charge in [0.1, 0.15) is 0 Å². The Morgan fingerprint density at radius 1 is 1.33 bits per heavy atom. The number of rotatable bonds is 7. The number of aromatic nitrogens is 2. The molecule has 0 spiro atoms. The lowest BCUT2D eigenvalue weighted by molar-refractivity contribution is 0.0953. The Hall–Kier alpha value is -2.17. The first kappa shape index (κ1) is 15.2. The molecule has 0 radical (unpaired) electrons. The SMILES string of the molecule is C=CCNc1ncc(C(=O)NCCC2=CCCCC2)cn1. The van der Waals surface area contributed by atoms with E-state index >= 15 is 0 Å². The average molecular weight is 286 g/mol. The number of hydrogen-bond donors (Lipinski definition) is 2. The Kier molecular flexibility index (Phi) is 5.94. The summed E-state index contributed by atoms with van der Waals surface area (Å²) >= 11 is 0. The van der Waals surface area contributed by atoms with E-state index in [2.05, 4.69) is 33.3 Å². The van der Waals surface area contributed by atoms with E-state index in [-0.39, 0.29) is 5.91 Å². The summed E-state index contributed by atoms with van der Waals surface area (Å²) < 4.78 is 0. The molecule has 112 valence electrons. The predicted octanol–water partition coefficient (Wildman–Crippen LogP) is 2.69. The summed E-state index contributed by atoms with van der Waals surface area (Å²) in [5, 5.41) is 5.88. The van der Waals surface area contributed by atoms with Crippen molar-refractivity contribution in [3.05, 3.63) is 42.3 Å². The maximum atomic E-state index is 12.0. The van der Waals surface area contributed by atoms with Gasteiger partial charge < -0.3 is 10.6 Å². The molecule has 0 aliphatic heterocycles. The van der Waals surface area contributed by atoms with Crippen molar-refractivity contribution in [1.82, 2.24) is 15.3 Å². The van der Waals surface area contributed by atoms with Crippen LogP contribution in [0.15, 0.2) is 36.7 Å². The van der Waals surface area contributed by atoms with E-state index in [1.54, 1.807) is 6.08 Å². The maximum Gasteiger partial charge on any atom is 0.254 e. The van der Waals surface area contributed by atoms with E-state index in [9.17, 15) is 4.79 Å². The maximum absolute atomic E-state index is 12.0. The summed E-state index contributed by atoms with van der Waals surface area (Å²) in [6, 6.07) is 0. The van der Waals surface area contributed by atoms with Crippen LogP contribution < -0.4 is 10.6 Å². The van der Waals surface area contributed by atoms with Crippen LogP contribution in [0.1, 0.15) is 42.5 Å². The molecule has 5 nitrogen and oxygen atoms in total. The van der Waals surface area contributed by atoms with Gasteiger partial charge >= 0.3 is 0 Å². The van der Waals surface area contributed by atoms with E-state index in [1.807, 2.05) is 0 Å². The van der Waals surface area contributed by atoms with Crippen molar-refractivity contribution in [3.63, 3.8) is 0 Å². The van der Waals surface area contributed by atoms with Crippen LogP contribution in [0.2, 0.25) is 0 Å². The molecule has 1 heterocycles. The van der Waals surface area contributed by atoms with Gasteiger partial charge in [0.25, 0.3) is 5.91 Å². The molecule has 0 saturated carbocycles. The van der Waals surface area contributed by atoms with Crippen molar-refractivity contribution in [1.29, 1.82) is 0 Å². The smallest absolute Gasteiger partial charge is 0.254 e. The van der Waals surface area contributed by atoms with Crippen LogP contribution in [0.3, 0.4) is 0 Å².